The minimum atomic E-state index is -0.802. The molecule has 1 unspecified atom stereocenters. The van der Waals surface area contributed by atoms with Crippen molar-refractivity contribution in [1.82, 2.24) is 4.90 Å². The predicted molar refractivity (Wildman–Crippen MR) is 111 cm³/mol. The quantitative estimate of drug-likeness (QED) is 0.416. The fraction of sp³-hybridized carbons (Fsp3) is 0.364. The van der Waals surface area contributed by atoms with Gasteiger partial charge in [-0.2, -0.15) is 0 Å². The van der Waals surface area contributed by atoms with E-state index in [4.69, 9.17) is 4.74 Å². The average Bonchev–Trinajstić information content (AvgIpc) is 3.46. The Morgan fingerprint density at radius 2 is 1.80 bits per heavy atom. The standard InChI is InChI=1S/C22H22N2O5S/c1-14(25)29-17-10-8-16(9-11-17)24-20(26)13-18(21(24)27)23(15-5-2-3-6-15)22(28)19-7-4-12-30-19/h4,7-12,15,18H,2-3,5-6,13H2,1H3. The fourth-order valence-electron chi connectivity index (χ4n) is 4.21. The molecule has 8 heteroatoms. The van der Waals surface area contributed by atoms with Crippen LogP contribution in [0.4, 0.5) is 5.69 Å². The third-order valence-corrected chi connectivity index (χ3v) is 6.36. The summed E-state index contributed by atoms with van der Waals surface area (Å²) in [6, 6.07) is 8.93. The first-order valence-electron chi connectivity index (χ1n) is 9.97. The summed E-state index contributed by atoms with van der Waals surface area (Å²) in [7, 11) is 0. The van der Waals surface area contributed by atoms with E-state index < -0.39 is 17.9 Å². The topological polar surface area (TPSA) is 84.0 Å². The number of amides is 3. The molecule has 1 aliphatic heterocycles. The molecule has 3 amide bonds. The zero-order chi connectivity index (χ0) is 21.3. The number of anilines is 1. The Labute approximate surface area is 178 Å². The number of hydrogen-bond donors (Lipinski definition) is 0. The number of esters is 1. The van der Waals surface area contributed by atoms with Gasteiger partial charge in [0.25, 0.3) is 11.8 Å². The number of thiophene rings is 1. The third-order valence-electron chi connectivity index (χ3n) is 5.50. The summed E-state index contributed by atoms with van der Waals surface area (Å²) >= 11 is 1.34. The molecular weight excluding hydrogens is 404 g/mol. The Hall–Kier alpha value is -3.00. The molecule has 30 heavy (non-hydrogen) atoms. The van der Waals surface area contributed by atoms with Gasteiger partial charge in [-0.25, -0.2) is 4.90 Å². The number of hydrogen-bond acceptors (Lipinski definition) is 6. The first kappa shape index (κ1) is 20.3. The number of nitrogens with zero attached hydrogens (tertiary/aromatic N) is 2. The molecular formula is C22H22N2O5S. The van der Waals surface area contributed by atoms with Gasteiger partial charge in [0.1, 0.15) is 11.8 Å². The summed E-state index contributed by atoms with van der Waals surface area (Å²) in [6.45, 7) is 1.30. The van der Waals surface area contributed by atoms with Gasteiger partial charge in [0.15, 0.2) is 0 Å². The molecule has 1 aliphatic carbocycles. The van der Waals surface area contributed by atoms with Gasteiger partial charge < -0.3 is 9.64 Å². The zero-order valence-electron chi connectivity index (χ0n) is 16.6. The highest BCUT2D eigenvalue weighted by molar-refractivity contribution is 7.12. The number of ether oxygens (including phenoxy) is 1. The summed E-state index contributed by atoms with van der Waals surface area (Å²) in [6.07, 6.45) is 3.67. The van der Waals surface area contributed by atoms with Crippen LogP contribution in [0.3, 0.4) is 0 Å². The van der Waals surface area contributed by atoms with Gasteiger partial charge >= 0.3 is 5.97 Å². The molecule has 1 aromatic heterocycles. The van der Waals surface area contributed by atoms with Gasteiger partial charge in [-0.1, -0.05) is 18.9 Å². The summed E-state index contributed by atoms with van der Waals surface area (Å²) in [5.41, 5.74) is 0.401. The van der Waals surface area contributed by atoms with Crippen LogP contribution in [0.15, 0.2) is 41.8 Å². The van der Waals surface area contributed by atoms with Gasteiger partial charge in [-0.3, -0.25) is 19.2 Å². The molecule has 0 radical (unpaired) electrons. The summed E-state index contributed by atoms with van der Waals surface area (Å²) in [5.74, 6) is -1.03. The predicted octanol–water partition coefficient (Wildman–Crippen LogP) is 3.39. The second kappa shape index (κ2) is 8.39. The Bertz CT molecular complexity index is 964. The molecule has 0 spiro atoms. The molecule has 2 heterocycles. The van der Waals surface area contributed by atoms with Crippen LogP contribution in [0.2, 0.25) is 0 Å². The van der Waals surface area contributed by atoms with Crippen LogP contribution in [0.5, 0.6) is 5.75 Å². The molecule has 2 aromatic rings. The van der Waals surface area contributed by atoms with E-state index in [1.807, 2.05) is 11.4 Å². The lowest BCUT2D eigenvalue weighted by molar-refractivity contribution is -0.132. The molecule has 4 rings (SSSR count). The smallest absolute Gasteiger partial charge is 0.308 e. The molecule has 156 valence electrons. The number of carbonyl (C=O) groups excluding carboxylic acids is 4. The molecule has 7 nitrogen and oxygen atoms in total. The molecule has 2 fully saturated rings. The van der Waals surface area contributed by atoms with E-state index in [9.17, 15) is 19.2 Å². The maximum Gasteiger partial charge on any atom is 0.308 e. The van der Waals surface area contributed by atoms with E-state index in [1.165, 1.54) is 30.4 Å². The van der Waals surface area contributed by atoms with E-state index in [-0.39, 0.29) is 24.3 Å². The highest BCUT2D eigenvalue weighted by Gasteiger charge is 2.47. The zero-order valence-corrected chi connectivity index (χ0v) is 17.4. The van der Waals surface area contributed by atoms with Crippen LogP contribution in [0.25, 0.3) is 0 Å². The SMILES string of the molecule is CC(=O)Oc1ccc(N2C(=O)CC(N(C(=O)c3cccs3)C3CCCC3)C2=O)cc1. The van der Waals surface area contributed by atoms with Crippen LogP contribution < -0.4 is 9.64 Å². The van der Waals surface area contributed by atoms with Crippen LogP contribution in [0, 0.1) is 0 Å². The average molecular weight is 426 g/mol. The minimum absolute atomic E-state index is 0.0296. The maximum absolute atomic E-state index is 13.3. The Kier molecular flexibility index (Phi) is 5.67. The van der Waals surface area contributed by atoms with E-state index in [0.29, 0.717) is 16.3 Å². The maximum atomic E-state index is 13.3. The van der Waals surface area contributed by atoms with Crippen molar-refractivity contribution in [3.63, 3.8) is 0 Å². The van der Waals surface area contributed by atoms with Crippen molar-refractivity contribution in [2.24, 2.45) is 0 Å². The summed E-state index contributed by atoms with van der Waals surface area (Å²) < 4.78 is 5.01. The van der Waals surface area contributed by atoms with Crippen molar-refractivity contribution in [3.8, 4) is 5.75 Å². The van der Waals surface area contributed by atoms with Crippen molar-refractivity contribution < 1.29 is 23.9 Å². The van der Waals surface area contributed by atoms with Gasteiger partial charge in [-0.15, -0.1) is 11.3 Å². The second-order valence-electron chi connectivity index (χ2n) is 7.50. The highest BCUT2D eigenvalue weighted by Crippen LogP contribution is 2.33. The molecule has 1 aromatic carbocycles. The lowest BCUT2D eigenvalue weighted by atomic mass is 10.1. The summed E-state index contributed by atoms with van der Waals surface area (Å²) in [4.78, 5) is 53.7. The van der Waals surface area contributed by atoms with Crippen molar-refractivity contribution in [3.05, 3.63) is 46.7 Å². The van der Waals surface area contributed by atoms with Gasteiger partial charge in [0.2, 0.25) is 5.91 Å². The van der Waals surface area contributed by atoms with Crippen molar-refractivity contribution in [2.75, 3.05) is 4.90 Å². The molecule has 1 saturated carbocycles. The monoisotopic (exact) mass is 426 g/mol. The Morgan fingerprint density at radius 1 is 1.10 bits per heavy atom. The first-order valence-corrected chi connectivity index (χ1v) is 10.8. The first-order chi connectivity index (χ1) is 14.5. The van der Waals surface area contributed by atoms with Crippen LogP contribution in [-0.4, -0.2) is 40.7 Å². The second-order valence-corrected chi connectivity index (χ2v) is 8.45. The van der Waals surface area contributed by atoms with Crippen LogP contribution >= 0.6 is 11.3 Å². The largest absolute Gasteiger partial charge is 0.427 e. The number of benzene rings is 1. The number of imide groups is 1. The minimum Gasteiger partial charge on any atom is -0.427 e. The molecule has 0 bridgehead atoms. The Balaban J connectivity index is 1.60. The molecule has 2 aliphatic rings. The van der Waals surface area contributed by atoms with E-state index in [0.717, 1.165) is 30.6 Å². The van der Waals surface area contributed by atoms with Gasteiger partial charge in [-0.05, 0) is 48.6 Å². The van der Waals surface area contributed by atoms with E-state index in [2.05, 4.69) is 0 Å². The number of rotatable bonds is 5. The van der Waals surface area contributed by atoms with E-state index in [1.54, 1.807) is 23.1 Å². The molecule has 1 atom stereocenters. The lowest BCUT2D eigenvalue weighted by Crippen LogP contribution is -2.49. The van der Waals surface area contributed by atoms with Gasteiger partial charge in [0, 0.05) is 13.0 Å². The van der Waals surface area contributed by atoms with Crippen LogP contribution in [0.1, 0.15) is 48.7 Å². The van der Waals surface area contributed by atoms with E-state index >= 15 is 0 Å². The van der Waals surface area contributed by atoms with Gasteiger partial charge in [0.05, 0.1) is 17.0 Å². The van der Waals surface area contributed by atoms with Crippen molar-refractivity contribution >= 4 is 40.7 Å². The normalized spacial score (nSPS) is 19.4. The lowest BCUT2D eigenvalue weighted by Gasteiger charge is -2.32. The Morgan fingerprint density at radius 3 is 2.40 bits per heavy atom. The van der Waals surface area contributed by atoms with Crippen molar-refractivity contribution in [2.45, 2.75) is 51.1 Å². The number of carbonyl (C=O) groups is 4. The third kappa shape index (κ3) is 3.87. The fourth-order valence-corrected chi connectivity index (χ4v) is 4.87. The van der Waals surface area contributed by atoms with Crippen LogP contribution in [-0.2, 0) is 14.4 Å². The molecule has 0 N–H and O–H groups in total. The summed E-state index contributed by atoms with van der Waals surface area (Å²) in [5, 5.41) is 1.83. The highest BCUT2D eigenvalue weighted by atomic mass is 32.1. The molecule has 1 saturated heterocycles. The van der Waals surface area contributed by atoms with Crippen molar-refractivity contribution in [1.29, 1.82) is 0 Å².